The van der Waals surface area contributed by atoms with Crippen molar-refractivity contribution in [3.8, 4) is 0 Å². The number of carboxylic acid groups (broad SMARTS) is 2. The maximum atomic E-state index is 10.8. The third kappa shape index (κ3) is 8.75. The Bertz CT molecular complexity index is 278. The largest absolute Gasteiger partial charge is 0.481 e. The fourth-order valence-electron chi connectivity index (χ4n) is 1.69. The van der Waals surface area contributed by atoms with Crippen molar-refractivity contribution >= 4 is 11.9 Å². The van der Waals surface area contributed by atoms with E-state index < -0.39 is 17.9 Å². The SMILES string of the molecule is C=CCN(CCCCCC(=O)O)CC(C)C(=O)O. The van der Waals surface area contributed by atoms with Gasteiger partial charge in [0, 0.05) is 19.5 Å². The molecule has 0 saturated heterocycles. The molecule has 0 aromatic heterocycles. The molecule has 0 saturated carbocycles. The number of nitrogens with zero attached hydrogens (tertiary/aromatic N) is 1. The molecule has 18 heavy (non-hydrogen) atoms. The number of rotatable bonds is 11. The van der Waals surface area contributed by atoms with Gasteiger partial charge in [0.05, 0.1) is 5.92 Å². The first-order valence-electron chi connectivity index (χ1n) is 6.25. The van der Waals surface area contributed by atoms with E-state index >= 15 is 0 Å². The lowest BCUT2D eigenvalue weighted by Crippen LogP contribution is -2.32. The first-order chi connectivity index (χ1) is 8.47. The molecule has 0 rings (SSSR count). The molecule has 2 N–H and O–H groups in total. The molecule has 0 aromatic carbocycles. The summed E-state index contributed by atoms with van der Waals surface area (Å²) in [5.74, 6) is -1.96. The van der Waals surface area contributed by atoms with Crippen LogP contribution in [0.1, 0.15) is 32.6 Å². The van der Waals surface area contributed by atoms with Crippen molar-refractivity contribution in [1.29, 1.82) is 0 Å². The first kappa shape index (κ1) is 16.6. The Kier molecular flexibility index (Phi) is 8.92. The Morgan fingerprint density at radius 2 is 1.94 bits per heavy atom. The third-order valence-corrected chi connectivity index (χ3v) is 2.71. The predicted octanol–water partition coefficient (Wildman–Crippen LogP) is 1.84. The van der Waals surface area contributed by atoms with Crippen LogP contribution in [0.4, 0.5) is 0 Å². The second-order valence-electron chi connectivity index (χ2n) is 4.49. The van der Waals surface area contributed by atoms with E-state index in [0.29, 0.717) is 19.5 Å². The highest BCUT2D eigenvalue weighted by molar-refractivity contribution is 5.69. The number of hydrogen-bond acceptors (Lipinski definition) is 3. The van der Waals surface area contributed by atoms with Gasteiger partial charge >= 0.3 is 11.9 Å². The van der Waals surface area contributed by atoms with Gasteiger partial charge in [0.2, 0.25) is 0 Å². The van der Waals surface area contributed by atoms with E-state index in [-0.39, 0.29) is 6.42 Å². The summed E-state index contributed by atoms with van der Waals surface area (Å²) in [7, 11) is 0. The highest BCUT2D eigenvalue weighted by atomic mass is 16.4. The number of carbonyl (C=O) groups is 2. The molecule has 0 aliphatic carbocycles. The molecular weight excluding hydrogens is 234 g/mol. The van der Waals surface area contributed by atoms with Gasteiger partial charge in [0.1, 0.15) is 0 Å². The fourth-order valence-corrected chi connectivity index (χ4v) is 1.69. The van der Waals surface area contributed by atoms with Crippen LogP contribution in [-0.4, -0.2) is 46.7 Å². The van der Waals surface area contributed by atoms with Crippen LogP contribution in [0, 0.1) is 5.92 Å². The van der Waals surface area contributed by atoms with Crippen LogP contribution in [-0.2, 0) is 9.59 Å². The minimum atomic E-state index is -0.796. The highest BCUT2D eigenvalue weighted by Crippen LogP contribution is 2.05. The van der Waals surface area contributed by atoms with Crippen LogP contribution < -0.4 is 0 Å². The van der Waals surface area contributed by atoms with Crippen LogP contribution in [0.2, 0.25) is 0 Å². The smallest absolute Gasteiger partial charge is 0.307 e. The van der Waals surface area contributed by atoms with Gasteiger partial charge in [-0.2, -0.15) is 0 Å². The lowest BCUT2D eigenvalue weighted by atomic mass is 10.1. The van der Waals surface area contributed by atoms with Crippen molar-refractivity contribution in [2.45, 2.75) is 32.6 Å². The van der Waals surface area contributed by atoms with E-state index in [1.807, 2.05) is 4.90 Å². The quantitative estimate of drug-likeness (QED) is 0.436. The molecule has 0 heterocycles. The van der Waals surface area contributed by atoms with Gasteiger partial charge in [-0.15, -0.1) is 6.58 Å². The van der Waals surface area contributed by atoms with E-state index in [1.54, 1.807) is 13.0 Å². The summed E-state index contributed by atoms with van der Waals surface area (Å²) in [5.41, 5.74) is 0. The van der Waals surface area contributed by atoms with Gasteiger partial charge in [0.25, 0.3) is 0 Å². The molecule has 1 unspecified atom stereocenters. The van der Waals surface area contributed by atoms with Crippen molar-refractivity contribution in [1.82, 2.24) is 4.90 Å². The molecule has 5 nitrogen and oxygen atoms in total. The lowest BCUT2D eigenvalue weighted by molar-refractivity contribution is -0.141. The zero-order valence-corrected chi connectivity index (χ0v) is 11.0. The second kappa shape index (κ2) is 9.65. The van der Waals surface area contributed by atoms with Gasteiger partial charge in [0.15, 0.2) is 0 Å². The molecular formula is C13H23NO4. The maximum absolute atomic E-state index is 10.8. The van der Waals surface area contributed by atoms with E-state index in [2.05, 4.69) is 6.58 Å². The molecule has 0 aromatic rings. The predicted molar refractivity (Wildman–Crippen MR) is 69.5 cm³/mol. The van der Waals surface area contributed by atoms with E-state index in [9.17, 15) is 9.59 Å². The monoisotopic (exact) mass is 257 g/mol. The molecule has 104 valence electrons. The minimum absolute atomic E-state index is 0.201. The van der Waals surface area contributed by atoms with Crippen molar-refractivity contribution in [2.24, 2.45) is 5.92 Å². The Labute approximate surface area is 108 Å². The Balaban J connectivity index is 3.85. The van der Waals surface area contributed by atoms with Gasteiger partial charge in [-0.3, -0.25) is 14.5 Å². The molecule has 0 bridgehead atoms. The highest BCUT2D eigenvalue weighted by Gasteiger charge is 2.14. The van der Waals surface area contributed by atoms with E-state index in [1.165, 1.54) is 0 Å². The van der Waals surface area contributed by atoms with Crippen molar-refractivity contribution in [2.75, 3.05) is 19.6 Å². The molecule has 0 spiro atoms. The van der Waals surface area contributed by atoms with Crippen LogP contribution in [0.5, 0.6) is 0 Å². The number of aliphatic carboxylic acids is 2. The van der Waals surface area contributed by atoms with Crippen LogP contribution >= 0.6 is 0 Å². The summed E-state index contributed by atoms with van der Waals surface area (Å²) in [6, 6.07) is 0. The molecule has 0 radical (unpaired) electrons. The zero-order valence-electron chi connectivity index (χ0n) is 11.0. The summed E-state index contributed by atoms with van der Waals surface area (Å²) in [6.45, 7) is 7.28. The maximum Gasteiger partial charge on any atom is 0.307 e. The number of unbranched alkanes of at least 4 members (excludes halogenated alkanes) is 2. The van der Waals surface area contributed by atoms with Gasteiger partial charge in [-0.1, -0.05) is 19.4 Å². The van der Waals surface area contributed by atoms with Crippen LogP contribution in [0.15, 0.2) is 12.7 Å². The summed E-state index contributed by atoms with van der Waals surface area (Å²) in [4.78, 5) is 23.1. The lowest BCUT2D eigenvalue weighted by Gasteiger charge is -2.22. The summed E-state index contributed by atoms with van der Waals surface area (Å²) < 4.78 is 0. The van der Waals surface area contributed by atoms with Crippen LogP contribution in [0.25, 0.3) is 0 Å². The third-order valence-electron chi connectivity index (χ3n) is 2.71. The van der Waals surface area contributed by atoms with E-state index in [4.69, 9.17) is 10.2 Å². The van der Waals surface area contributed by atoms with Crippen LogP contribution in [0.3, 0.4) is 0 Å². The number of hydrogen-bond donors (Lipinski definition) is 2. The average Bonchev–Trinajstić information content (AvgIpc) is 2.28. The Hall–Kier alpha value is -1.36. The van der Waals surface area contributed by atoms with Gasteiger partial charge in [-0.25, -0.2) is 0 Å². The molecule has 1 atom stereocenters. The first-order valence-corrected chi connectivity index (χ1v) is 6.25. The normalized spacial score (nSPS) is 12.3. The molecule has 0 aliphatic rings. The molecule has 0 fully saturated rings. The van der Waals surface area contributed by atoms with E-state index in [0.717, 1.165) is 19.4 Å². The molecule has 0 aliphatic heterocycles. The van der Waals surface area contributed by atoms with Crippen molar-refractivity contribution < 1.29 is 19.8 Å². The molecule has 0 amide bonds. The Morgan fingerprint density at radius 1 is 1.28 bits per heavy atom. The molecule has 5 heteroatoms. The standard InChI is InChI=1S/C13H23NO4/c1-3-8-14(10-11(2)13(17)18)9-6-4-5-7-12(15)16/h3,11H,1,4-10H2,2H3,(H,15,16)(H,17,18). The van der Waals surface area contributed by atoms with Gasteiger partial charge < -0.3 is 10.2 Å². The number of carboxylic acids is 2. The summed E-state index contributed by atoms with van der Waals surface area (Å²) in [5, 5.41) is 17.3. The zero-order chi connectivity index (χ0) is 14.0. The summed E-state index contributed by atoms with van der Waals surface area (Å²) >= 11 is 0. The second-order valence-corrected chi connectivity index (χ2v) is 4.49. The van der Waals surface area contributed by atoms with Crippen molar-refractivity contribution in [3.63, 3.8) is 0 Å². The summed E-state index contributed by atoms with van der Waals surface area (Å²) in [6.07, 6.45) is 4.36. The topological polar surface area (TPSA) is 77.8 Å². The average molecular weight is 257 g/mol. The minimum Gasteiger partial charge on any atom is -0.481 e. The van der Waals surface area contributed by atoms with Crippen molar-refractivity contribution in [3.05, 3.63) is 12.7 Å². The fraction of sp³-hybridized carbons (Fsp3) is 0.692. The Morgan fingerprint density at radius 3 is 2.44 bits per heavy atom. The van der Waals surface area contributed by atoms with Gasteiger partial charge in [-0.05, 0) is 19.4 Å².